The average Bonchev–Trinajstić information content (AvgIpc) is 2.56. The van der Waals surface area contributed by atoms with Crippen molar-refractivity contribution in [2.24, 2.45) is 0 Å². The molecule has 0 fully saturated rings. The summed E-state index contributed by atoms with van der Waals surface area (Å²) in [6, 6.07) is 6.49. The Morgan fingerprint density at radius 1 is 1.40 bits per heavy atom. The van der Waals surface area contributed by atoms with E-state index in [1.807, 2.05) is 6.07 Å². The molecule has 8 heteroatoms. The van der Waals surface area contributed by atoms with E-state index >= 15 is 0 Å². The molecule has 0 aromatic heterocycles. The van der Waals surface area contributed by atoms with Gasteiger partial charge in [0.1, 0.15) is 12.6 Å². The number of amides is 1. The van der Waals surface area contributed by atoms with Crippen molar-refractivity contribution in [1.29, 1.82) is 5.26 Å². The third-order valence-corrected chi connectivity index (χ3v) is 2.93. The molecule has 0 unspecified atom stereocenters. The van der Waals surface area contributed by atoms with Gasteiger partial charge in [-0.3, -0.25) is 4.79 Å². The molecule has 1 amide bonds. The molecule has 0 radical (unpaired) electrons. The van der Waals surface area contributed by atoms with Crippen molar-refractivity contribution < 1.29 is 27.4 Å². The number of hydrogen-bond acceptors (Lipinski definition) is 4. The number of alkyl halides is 3. The average molecular weight is 354 g/mol. The van der Waals surface area contributed by atoms with E-state index in [2.05, 4.69) is 6.58 Å². The minimum atomic E-state index is -4.49. The first kappa shape index (κ1) is 20.1. The van der Waals surface area contributed by atoms with Gasteiger partial charge in [0.15, 0.2) is 18.1 Å². The van der Waals surface area contributed by atoms with Crippen LogP contribution >= 0.6 is 0 Å². The molecule has 0 aliphatic heterocycles. The van der Waals surface area contributed by atoms with E-state index in [0.717, 1.165) is 6.08 Å². The predicted octanol–water partition coefficient (Wildman–Crippen LogP) is 3.19. The van der Waals surface area contributed by atoms with E-state index in [9.17, 15) is 18.0 Å². The van der Waals surface area contributed by atoms with Crippen molar-refractivity contribution in [2.75, 3.05) is 26.8 Å². The molecule has 1 rings (SSSR count). The van der Waals surface area contributed by atoms with E-state index in [1.165, 1.54) is 31.4 Å². The lowest BCUT2D eigenvalue weighted by Crippen LogP contribution is -2.38. The lowest BCUT2D eigenvalue weighted by atomic mass is 10.2. The fourth-order valence-corrected chi connectivity index (χ4v) is 1.89. The van der Waals surface area contributed by atoms with Gasteiger partial charge in [0.2, 0.25) is 5.91 Å². The molecule has 25 heavy (non-hydrogen) atoms. The molecule has 0 saturated carbocycles. The lowest BCUT2D eigenvalue weighted by Gasteiger charge is -2.20. The summed E-state index contributed by atoms with van der Waals surface area (Å²) in [6.07, 6.45) is -0.859. The highest BCUT2D eigenvalue weighted by atomic mass is 19.4. The van der Waals surface area contributed by atoms with Crippen LogP contribution in [0.25, 0.3) is 6.08 Å². The number of methoxy groups -OCH3 is 1. The molecule has 0 heterocycles. The molecule has 0 spiro atoms. The summed E-state index contributed by atoms with van der Waals surface area (Å²) >= 11 is 0. The highest BCUT2D eigenvalue weighted by molar-refractivity contribution is 5.92. The summed E-state index contributed by atoms with van der Waals surface area (Å²) in [4.78, 5) is 12.6. The Hall–Kier alpha value is -2.95. The van der Waals surface area contributed by atoms with Gasteiger partial charge >= 0.3 is 6.18 Å². The Morgan fingerprint density at radius 2 is 2.12 bits per heavy atom. The van der Waals surface area contributed by atoms with Gasteiger partial charge in [-0.1, -0.05) is 12.1 Å². The maximum Gasteiger partial charge on any atom is 0.406 e. The summed E-state index contributed by atoms with van der Waals surface area (Å²) in [5.74, 6) is -0.109. The van der Waals surface area contributed by atoms with Crippen LogP contribution in [-0.2, 0) is 4.79 Å². The van der Waals surface area contributed by atoms with Crippen LogP contribution in [0.4, 0.5) is 13.2 Å². The molecule has 134 valence electrons. The van der Waals surface area contributed by atoms with Gasteiger partial charge in [0, 0.05) is 12.6 Å². The smallest absolute Gasteiger partial charge is 0.406 e. The van der Waals surface area contributed by atoms with Crippen LogP contribution in [0.1, 0.15) is 5.56 Å². The first-order chi connectivity index (χ1) is 11.8. The zero-order valence-electron chi connectivity index (χ0n) is 13.5. The number of carbonyl (C=O) groups is 1. The van der Waals surface area contributed by atoms with E-state index < -0.39 is 18.6 Å². The highest BCUT2D eigenvalue weighted by Gasteiger charge is 2.31. The molecule has 0 atom stereocenters. The molecule has 0 aliphatic rings. The molecule has 0 aliphatic carbocycles. The second-order valence-electron chi connectivity index (χ2n) is 4.81. The second kappa shape index (κ2) is 9.37. The minimum absolute atomic E-state index is 0.155. The standard InChI is InChI=1S/C17H17F3N2O3/c1-3-9-22(12-17(18,19)20)16(23)7-5-13-4-6-14(25-10-8-21)15(11-13)24-2/h3-7,11H,1,9-10,12H2,2H3/b7-5+. The summed E-state index contributed by atoms with van der Waals surface area (Å²) in [6.45, 7) is 1.62. The highest BCUT2D eigenvalue weighted by Crippen LogP contribution is 2.28. The zero-order valence-corrected chi connectivity index (χ0v) is 13.5. The van der Waals surface area contributed by atoms with E-state index in [-0.39, 0.29) is 13.2 Å². The maximum absolute atomic E-state index is 12.5. The molecular weight excluding hydrogens is 337 g/mol. The van der Waals surface area contributed by atoms with Crippen LogP contribution in [0.2, 0.25) is 0 Å². The first-order valence-corrected chi connectivity index (χ1v) is 7.13. The number of carbonyl (C=O) groups excluding carboxylic acids is 1. The molecule has 5 nitrogen and oxygen atoms in total. The Kier molecular flexibility index (Phi) is 7.53. The number of benzene rings is 1. The van der Waals surface area contributed by atoms with Crippen LogP contribution in [0, 0.1) is 11.3 Å². The van der Waals surface area contributed by atoms with Crippen LogP contribution in [0.5, 0.6) is 11.5 Å². The van der Waals surface area contributed by atoms with Gasteiger partial charge in [0.05, 0.1) is 7.11 Å². The van der Waals surface area contributed by atoms with Gasteiger partial charge in [-0.15, -0.1) is 6.58 Å². The largest absolute Gasteiger partial charge is 0.493 e. The van der Waals surface area contributed by atoms with E-state index in [4.69, 9.17) is 14.7 Å². The monoisotopic (exact) mass is 354 g/mol. The van der Waals surface area contributed by atoms with Gasteiger partial charge in [-0.2, -0.15) is 18.4 Å². The van der Waals surface area contributed by atoms with Crippen molar-refractivity contribution in [1.82, 2.24) is 4.90 Å². The summed E-state index contributed by atoms with van der Waals surface area (Å²) < 4.78 is 47.8. The van der Waals surface area contributed by atoms with E-state index in [1.54, 1.807) is 6.07 Å². The first-order valence-electron chi connectivity index (χ1n) is 7.13. The Bertz CT molecular complexity index is 679. The van der Waals surface area contributed by atoms with Crippen molar-refractivity contribution in [2.45, 2.75) is 6.18 Å². The molecule has 0 N–H and O–H groups in total. The predicted molar refractivity (Wildman–Crippen MR) is 86.0 cm³/mol. The number of hydrogen-bond donors (Lipinski definition) is 0. The second-order valence-corrected chi connectivity index (χ2v) is 4.81. The van der Waals surface area contributed by atoms with Gasteiger partial charge in [0.25, 0.3) is 0 Å². The summed E-state index contributed by atoms with van der Waals surface area (Å²) in [5.41, 5.74) is 0.528. The normalized spacial score (nSPS) is 11.0. The topological polar surface area (TPSA) is 62.6 Å². The van der Waals surface area contributed by atoms with Crippen LogP contribution in [-0.4, -0.2) is 43.8 Å². The van der Waals surface area contributed by atoms with Crippen LogP contribution in [0.15, 0.2) is 36.9 Å². The number of nitrogens with zero attached hydrogens (tertiary/aromatic N) is 2. The zero-order chi connectivity index (χ0) is 18.9. The quantitative estimate of drug-likeness (QED) is 0.531. The van der Waals surface area contributed by atoms with Crippen LogP contribution in [0.3, 0.4) is 0 Å². The van der Waals surface area contributed by atoms with Crippen molar-refractivity contribution >= 4 is 12.0 Å². The fraction of sp³-hybridized carbons (Fsp3) is 0.294. The fourth-order valence-electron chi connectivity index (χ4n) is 1.89. The number of ether oxygens (including phenoxy) is 2. The molecule has 0 bridgehead atoms. The maximum atomic E-state index is 12.5. The molecule has 1 aromatic carbocycles. The lowest BCUT2D eigenvalue weighted by molar-refractivity contribution is -0.157. The number of rotatable bonds is 8. The molecule has 1 aromatic rings. The minimum Gasteiger partial charge on any atom is -0.493 e. The Labute approximate surface area is 143 Å². The Morgan fingerprint density at radius 3 is 2.68 bits per heavy atom. The third-order valence-electron chi connectivity index (χ3n) is 2.93. The molecule has 0 saturated heterocycles. The third kappa shape index (κ3) is 6.99. The molecular formula is C17H17F3N2O3. The van der Waals surface area contributed by atoms with Crippen molar-refractivity contribution in [3.8, 4) is 17.6 Å². The SMILES string of the molecule is C=CCN(CC(F)(F)F)C(=O)/C=C/c1ccc(OCC#N)c(OC)c1. The summed E-state index contributed by atoms with van der Waals surface area (Å²) in [5, 5.41) is 8.51. The number of nitriles is 1. The number of halogens is 3. The van der Waals surface area contributed by atoms with Crippen molar-refractivity contribution in [3.05, 3.63) is 42.5 Å². The van der Waals surface area contributed by atoms with E-state index in [0.29, 0.717) is 22.0 Å². The van der Waals surface area contributed by atoms with Crippen LogP contribution < -0.4 is 9.47 Å². The van der Waals surface area contributed by atoms with Gasteiger partial charge in [-0.05, 0) is 23.8 Å². The van der Waals surface area contributed by atoms with Gasteiger partial charge < -0.3 is 14.4 Å². The Balaban J connectivity index is 2.90. The van der Waals surface area contributed by atoms with Crippen molar-refractivity contribution in [3.63, 3.8) is 0 Å². The summed E-state index contributed by atoms with van der Waals surface area (Å²) in [7, 11) is 1.41. The van der Waals surface area contributed by atoms with Gasteiger partial charge in [-0.25, -0.2) is 0 Å².